The first-order valence-corrected chi connectivity index (χ1v) is 38.6. The van der Waals surface area contributed by atoms with E-state index in [1.807, 2.05) is 198 Å². The maximum Gasteiger partial charge on any atom is 0.260 e. The number of nitrogens with two attached hydrogens (primary N) is 2. The van der Waals surface area contributed by atoms with E-state index in [4.69, 9.17) is 46.8 Å². The number of ether oxygens (including phenoxy) is 5. The Hall–Kier alpha value is -14.4. The Balaban J connectivity index is 0.000000149. The average Bonchev–Trinajstić information content (AvgIpc) is 1.66. The number of allylic oxidation sites excluding steroid dienone is 15. The number of hydrogen-bond donors (Lipinski definition) is 5. The molecule has 10 aromatic rings. The Bertz CT molecular complexity index is 5960. The van der Waals surface area contributed by atoms with Crippen molar-refractivity contribution in [3.8, 4) is 29.4 Å². The monoisotopic (exact) mass is 1680 g/mol. The lowest BCUT2D eigenvalue weighted by atomic mass is 10.0. The number of aliphatic hydroxyl groups excluding tert-OH is 3. The van der Waals surface area contributed by atoms with Gasteiger partial charge in [-0.2, -0.15) is 0 Å². The molecule has 0 radical (unpaired) electrons. The van der Waals surface area contributed by atoms with Gasteiger partial charge < -0.3 is 75.0 Å². The summed E-state index contributed by atoms with van der Waals surface area (Å²) in [6.07, 6.45) is 27.3. The van der Waals surface area contributed by atoms with Gasteiger partial charge in [0.15, 0.2) is 45.8 Å². The number of carbonyl (C=O) groups is 5. The number of aromatic nitrogens is 10. The van der Waals surface area contributed by atoms with Crippen LogP contribution < -0.4 is 35.2 Å². The lowest BCUT2D eigenvalue weighted by molar-refractivity contribution is -0.112. The number of pyridine rings is 5. The number of fused-ring (bicyclic) bond motifs is 5. The fourth-order valence-electron chi connectivity index (χ4n) is 11.3. The Morgan fingerprint density at radius 1 is 0.352 bits per heavy atom. The maximum atomic E-state index is 12.1. The van der Waals surface area contributed by atoms with Crippen LogP contribution in [0.5, 0.6) is 29.4 Å². The smallest absolute Gasteiger partial charge is 0.260 e. The van der Waals surface area contributed by atoms with Gasteiger partial charge in [0.1, 0.15) is 73.2 Å². The van der Waals surface area contributed by atoms with Crippen LogP contribution in [0.3, 0.4) is 0 Å². The highest BCUT2D eigenvalue weighted by molar-refractivity contribution is 6.52. The largest absolute Gasteiger partial charge is 0.506 e. The van der Waals surface area contributed by atoms with E-state index >= 15 is 0 Å². The number of nitrogens with zero attached hydrogens (tertiary/aromatic N) is 20. The summed E-state index contributed by atoms with van der Waals surface area (Å²) in [6, 6.07) is 28.1. The van der Waals surface area contributed by atoms with Crippen molar-refractivity contribution in [3.05, 3.63) is 240 Å². The summed E-state index contributed by atoms with van der Waals surface area (Å²) in [4.78, 5) is 90.9. The number of likely N-dealkylation sites (N-methyl/N-ethyl adjacent to an activating group) is 5. The summed E-state index contributed by atoms with van der Waals surface area (Å²) < 4.78 is 37.2. The summed E-state index contributed by atoms with van der Waals surface area (Å²) in [5.41, 5.74) is 20.5. The molecule has 0 spiro atoms. The van der Waals surface area contributed by atoms with Crippen LogP contribution in [0.1, 0.15) is 6.92 Å². The highest BCUT2D eigenvalue weighted by atomic mass is 35.5. The highest BCUT2D eigenvalue weighted by Crippen LogP contribution is 2.38. The number of rotatable bonds is 25. The molecule has 36 heteroatoms. The minimum atomic E-state index is -0.434. The fraction of sp³-hybridized carbons (Fsp3) is 0.244. The van der Waals surface area contributed by atoms with Crippen molar-refractivity contribution in [1.82, 2.24) is 72.6 Å². The Labute approximate surface area is 706 Å². The zero-order valence-corrected chi connectivity index (χ0v) is 69.8. The minimum Gasteiger partial charge on any atom is -0.506 e. The predicted octanol–water partition coefficient (Wildman–Crippen LogP) is 9.40. The zero-order valence-electron chi connectivity index (χ0n) is 69.0. The molecule has 7 N–H and O–H groups in total. The van der Waals surface area contributed by atoms with E-state index in [2.05, 4.69) is 50.5 Å². The molecule has 0 bridgehead atoms. The molecule has 5 aliphatic rings. The number of aliphatic hydroxyl groups is 3. The van der Waals surface area contributed by atoms with Crippen molar-refractivity contribution in [2.75, 3.05) is 136 Å². The molecular weight excluding hydrogens is 1580 g/mol. The van der Waals surface area contributed by atoms with Gasteiger partial charge in [0.05, 0.1) is 44.0 Å². The van der Waals surface area contributed by atoms with Gasteiger partial charge in [-0.3, -0.25) is 24.0 Å². The second-order valence-electron chi connectivity index (χ2n) is 28.7. The third kappa shape index (κ3) is 23.3. The number of ketones is 5. The molecule has 0 fully saturated rings. The van der Waals surface area contributed by atoms with Crippen molar-refractivity contribution in [1.29, 1.82) is 0 Å². The van der Waals surface area contributed by atoms with Gasteiger partial charge in [0, 0.05) is 99.3 Å². The lowest BCUT2D eigenvalue weighted by Crippen LogP contribution is -2.19. The molecule has 632 valence electrons. The van der Waals surface area contributed by atoms with Crippen molar-refractivity contribution >= 4 is 125 Å². The number of halogens is 1. The van der Waals surface area contributed by atoms with Gasteiger partial charge >= 0.3 is 0 Å². The van der Waals surface area contributed by atoms with Crippen LogP contribution in [0.25, 0.3) is 27.6 Å². The molecule has 0 aromatic carbocycles. The summed E-state index contributed by atoms with van der Waals surface area (Å²) in [7, 11) is 19.6. The standard InChI is InChI=1S/C18H20N4O3.C17H17ClN4O3.2C17H19N5O2.C17H18N4O3/c1-12-15(23)8-7-13(17(12)24)19-16-14-6-4-5-9-22(14)20-18(16)25-11-10-21(2)3;1-21(2)7-8-25-17-16(13-5-3-4-6-22(13)20-17)19-12-9-11(18)14(23)10-15(12)24;1-21(2)9-10-24-17-16(15-5-3-4-8-22(15)20-17)19-14-7-6-12(23)11-13(14)18;1-21(2)9-10-24-17-16(14-5-3-4-8-22(14)20-17)19-13-7-6-12(18)11-15(13)23;1-20(2)9-10-24-17-16(14-5-3-4-8-21(14)19-17)18-13-7-6-12(22)11-15(13)23/h4-9,24H,10-11H2,1-3H3;3-6,9-10,23H,7-8H2,1-2H3;2*3-8,11H,9-10,18H2,1-2H3;3-8,11,23H,9-10H2,1-2H3. The third-order valence-electron chi connectivity index (χ3n) is 17.8. The summed E-state index contributed by atoms with van der Waals surface area (Å²) in [6.45, 7) is 7.61. The molecule has 15 rings (SSSR count). The topological polar surface area (TPSA) is 409 Å². The van der Waals surface area contributed by atoms with E-state index in [0.29, 0.717) is 137 Å². The fourth-order valence-corrected chi connectivity index (χ4v) is 11.4. The molecule has 10 heterocycles. The van der Waals surface area contributed by atoms with Crippen LogP contribution in [0.15, 0.2) is 265 Å². The van der Waals surface area contributed by atoms with E-state index in [9.17, 15) is 39.3 Å². The van der Waals surface area contributed by atoms with Crippen molar-refractivity contribution in [2.24, 2.45) is 36.4 Å². The second-order valence-corrected chi connectivity index (χ2v) is 29.1. The normalized spacial score (nSPS) is 16.3. The molecule has 5 aliphatic carbocycles. The Kier molecular flexibility index (Phi) is 30.0. The van der Waals surface area contributed by atoms with Gasteiger partial charge in [-0.15, -0.1) is 25.5 Å². The number of carbonyl (C=O) groups excluding carboxylic acids is 5. The summed E-state index contributed by atoms with van der Waals surface area (Å²) in [5, 5.41) is 51.8. The summed E-state index contributed by atoms with van der Waals surface area (Å²) in [5.74, 6) is 0.0729. The van der Waals surface area contributed by atoms with Gasteiger partial charge in [0.25, 0.3) is 29.4 Å². The van der Waals surface area contributed by atoms with Crippen LogP contribution in [-0.2, 0) is 24.0 Å². The quantitative estimate of drug-likeness (QED) is 0.0262. The van der Waals surface area contributed by atoms with Crippen LogP contribution in [-0.4, -0.2) is 282 Å². The molecule has 35 nitrogen and oxygen atoms in total. The molecule has 0 amide bonds. The van der Waals surface area contributed by atoms with Crippen molar-refractivity contribution in [2.45, 2.75) is 6.92 Å². The molecule has 0 atom stereocenters. The number of aliphatic imine (C=N–C) groups is 5. The van der Waals surface area contributed by atoms with Gasteiger partial charge in [-0.1, -0.05) is 41.9 Å². The van der Waals surface area contributed by atoms with Gasteiger partial charge in [-0.05, 0) is 193 Å². The van der Waals surface area contributed by atoms with Gasteiger partial charge in [0.2, 0.25) is 11.6 Å². The minimum absolute atomic E-state index is 0.0601. The zero-order chi connectivity index (χ0) is 87.3. The first kappa shape index (κ1) is 88.5. The molecule has 10 aromatic heterocycles. The van der Waals surface area contributed by atoms with E-state index in [1.54, 1.807) is 66.3 Å². The lowest BCUT2D eigenvalue weighted by Gasteiger charge is -2.11. The molecule has 0 saturated carbocycles. The van der Waals surface area contributed by atoms with Crippen molar-refractivity contribution < 1.29 is 63.0 Å². The van der Waals surface area contributed by atoms with Crippen LogP contribution in [0, 0.1) is 0 Å². The predicted molar refractivity (Wildman–Crippen MR) is 469 cm³/mol. The van der Waals surface area contributed by atoms with Gasteiger partial charge in [-0.25, -0.2) is 47.5 Å². The molecular formula is C86H93ClN22O13. The first-order valence-electron chi connectivity index (χ1n) is 38.2. The molecule has 0 saturated heterocycles. The van der Waals surface area contributed by atoms with E-state index in [1.165, 1.54) is 48.6 Å². The van der Waals surface area contributed by atoms with Crippen LogP contribution >= 0.6 is 11.6 Å². The highest BCUT2D eigenvalue weighted by Gasteiger charge is 2.26. The van der Waals surface area contributed by atoms with E-state index < -0.39 is 5.78 Å². The molecule has 0 unspecified atom stereocenters. The Morgan fingerprint density at radius 2 is 0.664 bits per heavy atom. The SMILES string of the molecule is CC1=C(O)C(=Nc2c(OCCN(C)C)nn3ccccc23)C=CC1=O.CN(C)CCOc1nn2ccccc2c1N=C1C=C(Cl)C(O)=CC1=O.CN(C)CCOc1nn2ccccc2c1N=C1C=CC(=O)C=C1N.CN(C)CCOc1nn2ccccc2c1N=C1C=CC(=O)C=C1O.CN(C)CCOc1nn2ccccc2c1N=C1C=CC(N)=CC1=O. The third-order valence-corrected chi connectivity index (χ3v) is 18.1. The summed E-state index contributed by atoms with van der Waals surface area (Å²) >= 11 is 5.90. The molecule has 122 heavy (non-hydrogen) atoms. The van der Waals surface area contributed by atoms with Crippen LogP contribution in [0.4, 0.5) is 28.4 Å². The number of hydrogen-bond acceptors (Lipinski definition) is 30. The van der Waals surface area contributed by atoms with Crippen molar-refractivity contribution in [3.63, 3.8) is 0 Å². The molecule has 0 aliphatic heterocycles. The second kappa shape index (κ2) is 41.4. The van der Waals surface area contributed by atoms with Crippen LogP contribution in [0.2, 0.25) is 0 Å². The van der Waals surface area contributed by atoms with E-state index in [-0.39, 0.29) is 56.7 Å². The first-order chi connectivity index (χ1) is 58.5. The maximum absolute atomic E-state index is 12.1. The van der Waals surface area contributed by atoms with E-state index in [0.717, 1.165) is 60.4 Å². The average molecular weight is 1680 g/mol. The Morgan fingerprint density at radius 3 is 1.02 bits per heavy atom.